The summed E-state index contributed by atoms with van der Waals surface area (Å²) in [5, 5.41) is 0. The fourth-order valence-corrected chi connectivity index (χ4v) is 2.77. The van der Waals surface area contributed by atoms with Crippen molar-refractivity contribution in [2.24, 2.45) is 0 Å². The maximum Gasteiger partial charge on any atom is 0.272 e. The van der Waals surface area contributed by atoms with Crippen molar-refractivity contribution in [3.8, 4) is 0 Å². The van der Waals surface area contributed by atoms with Gasteiger partial charge in [-0.2, -0.15) is 0 Å². The molecule has 126 valence electrons. The first kappa shape index (κ1) is 17.4. The number of carbonyl (C=O) groups excluding carboxylic acids is 2. The van der Waals surface area contributed by atoms with Gasteiger partial charge in [0.25, 0.3) is 11.8 Å². The zero-order valence-electron chi connectivity index (χ0n) is 14.3. The van der Waals surface area contributed by atoms with Crippen LogP contribution in [0, 0.1) is 0 Å². The highest BCUT2D eigenvalue weighted by atomic mass is 16.2. The van der Waals surface area contributed by atoms with Crippen molar-refractivity contribution < 1.29 is 9.59 Å². The molecule has 2 rings (SSSR count). The van der Waals surface area contributed by atoms with Gasteiger partial charge in [-0.05, 0) is 32.5 Å². The Labute approximate surface area is 138 Å². The second kappa shape index (κ2) is 8.06. The molecule has 1 aliphatic heterocycles. The minimum absolute atomic E-state index is 0.0880. The number of amides is 2. The average molecular weight is 318 g/mol. The van der Waals surface area contributed by atoms with Crippen molar-refractivity contribution >= 4 is 11.8 Å². The van der Waals surface area contributed by atoms with Gasteiger partial charge >= 0.3 is 0 Å². The summed E-state index contributed by atoms with van der Waals surface area (Å²) in [5.41, 5.74) is 0.694. The van der Waals surface area contributed by atoms with Crippen molar-refractivity contribution in [2.45, 2.75) is 20.8 Å². The van der Waals surface area contributed by atoms with E-state index in [0.717, 1.165) is 19.6 Å². The largest absolute Gasteiger partial charge is 0.338 e. The lowest BCUT2D eigenvalue weighted by atomic mass is 10.2. The molecule has 0 spiro atoms. The topological polar surface area (TPSA) is 56.8 Å². The highest BCUT2D eigenvalue weighted by Crippen LogP contribution is 2.09. The standard InChI is InChI=1S/C17H26N4O2/c1-4-19-10-12-21(13-11-19)17(23)15-9-7-8-14(18-15)16(22)20(5-2)6-3/h7-9H,4-6,10-13H2,1-3H3. The van der Waals surface area contributed by atoms with Crippen LogP contribution >= 0.6 is 0 Å². The third kappa shape index (κ3) is 4.07. The maximum atomic E-state index is 12.6. The van der Waals surface area contributed by atoms with E-state index in [1.165, 1.54) is 0 Å². The van der Waals surface area contributed by atoms with Crippen LogP contribution in [0.4, 0.5) is 0 Å². The normalized spacial score (nSPS) is 15.5. The van der Waals surface area contributed by atoms with Gasteiger partial charge in [0.15, 0.2) is 0 Å². The van der Waals surface area contributed by atoms with Gasteiger partial charge in [0, 0.05) is 39.3 Å². The Balaban J connectivity index is 2.10. The van der Waals surface area contributed by atoms with Crippen molar-refractivity contribution in [1.82, 2.24) is 19.7 Å². The number of nitrogens with zero attached hydrogens (tertiary/aromatic N) is 4. The van der Waals surface area contributed by atoms with Gasteiger partial charge in [0.2, 0.25) is 0 Å². The summed E-state index contributed by atoms with van der Waals surface area (Å²) >= 11 is 0. The predicted molar refractivity (Wildman–Crippen MR) is 89.5 cm³/mol. The molecule has 2 amide bonds. The Morgan fingerprint density at radius 1 is 1.04 bits per heavy atom. The number of piperazine rings is 1. The summed E-state index contributed by atoms with van der Waals surface area (Å²) in [6, 6.07) is 5.10. The third-order valence-corrected chi connectivity index (χ3v) is 4.34. The SMILES string of the molecule is CCN1CCN(C(=O)c2cccc(C(=O)N(CC)CC)n2)CC1. The quantitative estimate of drug-likeness (QED) is 0.822. The molecule has 23 heavy (non-hydrogen) atoms. The van der Waals surface area contributed by atoms with Crippen LogP contribution in [0.15, 0.2) is 18.2 Å². The number of hydrogen-bond acceptors (Lipinski definition) is 4. The van der Waals surface area contributed by atoms with Crippen LogP contribution in [0.2, 0.25) is 0 Å². The summed E-state index contributed by atoms with van der Waals surface area (Å²) in [7, 11) is 0. The molecule has 0 atom stereocenters. The summed E-state index contributed by atoms with van der Waals surface area (Å²) in [6.45, 7) is 11.5. The number of carbonyl (C=O) groups is 2. The van der Waals surface area contributed by atoms with E-state index in [-0.39, 0.29) is 11.8 Å². The first-order valence-electron chi connectivity index (χ1n) is 8.38. The Hall–Kier alpha value is -1.95. The van der Waals surface area contributed by atoms with E-state index >= 15 is 0 Å². The van der Waals surface area contributed by atoms with Gasteiger partial charge in [-0.3, -0.25) is 9.59 Å². The molecule has 0 unspecified atom stereocenters. The number of aromatic nitrogens is 1. The summed E-state index contributed by atoms with van der Waals surface area (Å²) in [5.74, 6) is -0.213. The van der Waals surface area contributed by atoms with Crippen LogP contribution in [-0.2, 0) is 0 Å². The predicted octanol–water partition coefficient (Wildman–Crippen LogP) is 1.34. The molecular formula is C17H26N4O2. The van der Waals surface area contributed by atoms with Crippen LogP contribution in [0.5, 0.6) is 0 Å². The van der Waals surface area contributed by atoms with E-state index in [0.29, 0.717) is 37.6 Å². The van der Waals surface area contributed by atoms with Crippen LogP contribution < -0.4 is 0 Å². The third-order valence-electron chi connectivity index (χ3n) is 4.34. The van der Waals surface area contributed by atoms with Crippen LogP contribution in [0.1, 0.15) is 41.7 Å². The fraction of sp³-hybridized carbons (Fsp3) is 0.588. The van der Waals surface area contributed by atoms with Crippen LogP contribution in [0.3, 0.4) is 0 Å². The summed E-state index contributed by atoms with van der Waals surface area (Å²) in [6.07, 6.45) is 0. The number of likely N-dealkylation sites (N-methyl/N-ethyl adjacent to an activating group) is 1. The molecule has 6 nitrogen and oxygen atoms in total. The van der Waals surface area contributed by atoms with Crippen LogP contribution in [0.25, 0.3) is 0 Å². The van der Waals surface area contributed by atoms with E-state index in [2.05, 4.69) is 16.8 Å². The summed E-state index contributed by atoms with van der Waals surface area (Å²) < 4.78 is 0. The molecule has 0 saturated carbocycles. The molecule has 1 aromatic heterocycles. The van der Waals surface area contributed by atoms with E-state index in [9.17, 15) is 9.59 Å². The van der Waals surface area contributed by atoms with Crippen molar-refractivity contribution in [3.05, 3.63) is 29.6 Å². The van der Waals surface area contributed by atoms with Gasteiger partial charge in [0.1, 0.15) is 11.4 Å². The number of rotatable bonds is 5. The average Bonchev–Trinajstić information content (AvgIpc) is 2.62. The number of pyridine rings is 1. The van der Waals surface area contributed by atoms with E-state index < -0.39 is 0 Å². The smallest absolute Gasteiger partial charge is 0.272 e. The maximum absolute atomic E-state index is 12.6. The highest BCUT2D eigenvalue weighted by molar-refractivity contribution is 5.96. The van der Waals surface area contributed by atoms with Crippen molar-refractivity contribution in [2.75, 3.05) is 45.8 Å². The Kier molecular flexibility index (Phi) is 6.10. The first-order valence-corrected chi connectivity index (χ1v) is 8.38. The molecule has 1 aliphatic rings. The van der Waals surface area contributed by atoms with Gasteiger partial charge in [-0.1, -0.05) is 13.0 Å². The highest BCUT2D eigenvalue weighted by Gasteiger charge is 2.23. The zero-order chi connectivity index (χ0) is 16.8. The second-order valence-corrected chi connectivity index (χ2v) is 5.61. The minimum atomic E-state index is -0.125. The van der Waals surface area contributed by atoms with E-state index in [1.54, 1.807) is 23.1 Å². The molecular weight excluding hydrogens is 292 g/mol. The summed E-state index contributed by atoms with van der Waals surface area (Å²) in [4.78, 5) is 35.1. The first-order chi connectivity index (χ1) is 11.1. The van der Waals surface area contributed by atoms with Crippen molar-refractivity contribution in [1.29, 1.82) is 0 Å². The van der Waals surface area contributed by atoms with E-state index in [4.69, 9.17) is 0 Å². The molecule has 0 aliphatic carbocycles. The fourth-order valence-electron chi connectivity index (χ4n) is 2.77. The Morgan fingerprint density at radius 3 is 2.22 bits per heavy atom. The molecule has 0 bridgehead atoms. The van der Waals surface area contributed by atoms with Crippen LogP contribution in [-0.4, -0.2) is 77.3 Å². The molecule has 0 N–H and O–H groups in total. The minimum Gasteiger partial charge on any atom is -0.338 e. The Bertz CT molecular complexity index is 549. The molecule has 0 aromatic carbocycles. The zero-order valence-corrected chi connectivity index (χ0v) is 14.3. The van der Waals surface area contributed by atoms with Gasteiger partial charge < -0.3 is 14.7 Å². The molecule has 1 saturated heterocycles. The lowest BCUT2D eigenvalue weighted by Gasteiger charge is -2.33. The lowest BCUT2D eigenvalue weighted by Crippen LogP contribution is -2.48. The molecule has 1 aromatic rings. The molecule has 0 radical (unpaired) electrons. The second-order valence-electron chi connectivity index (χ2n) is 5.61. The molecule has 6 heteroatoms. The van der Waals surface area contributed by atoms with E-state index in [1.807, 2.05) is 18.7 Å². The lowest BCUT2D eigenvalue weighted by molar-refractivity contribution is 0.0637. The molecule has 1 fully saturated rings. The molecule has 2 heterocycles. The van der Waals surface area contributed by atoms with Gasteiger partial charge in [-0.25, -0.2) is 4.98 Å². The Morgan fingerprint density at radius 2 is 1.65 bits per heavy atom. The van der Waals surface area contributed by atoms with Crippen molar-refractivity contribution in [3.63, 3.8) is 0 Å². The van der Waals surface area contributed by atoms with Gasteiger partial charge in [0.05, 0.1) is 0 Å². The monoisotopic (exact) mass is 318 g/mol. The number of hydrogen-bond donors (Lipinski definition) is 0. The van der Waals surface area contributed by atoms with Gasteiger partial charge in [-0.15, -0.1) is 0 Å².